The average molecular weight is 1100 g/mol. The summed E-state index contributed by atoms with van der Waals surface area (Å²) >= 11 is 0. The van der Waals surface area contributed by atoms with Crippen LogP contribution in [0.5, 0.6) is 0 Å². The van der Waals surface area contributed by atoms with E-state index in [2.05, 4.69) is 354 Å². The van der Waals surface area contributed by atoms with Gasteiger partial charge < -0.3 is 14.4 Å². The molecule has 6 heteroatoms. The molecule has 2 aliphatic rings. The van der Waals surface area contributed by atoms with Crippen LogP contribution in [0.15, 0.2) is 340 Å². The highest BCUT2D eigenvalue weighted by molar-refractivity contribution is 7.21. The van der Waals surface area contributed by atoms with Gasteiger partial charge in [-0.1, -0.05) is 291 Å². The Morgan fingerprint density at radius 2 is 0.512 bits per heavy atom. The van der Waals surface area contributed by atoms with Gasteiger partial charge in [-0.3, -0.25) is 0 Å². The lowest BCUT2D eigenvalue weighted by Crippen LogP contribution is -2.75. The molecule has 0 N–H and O–H groups in total. The number of benzene rings is 13. The van der Waals surface area contributed by atoms with Crippen molar-refractivity contribution in [1.82, 2.24) is 4.57 Å². The van der Waals surface area contributed by atoms with Crippen molar-refractivity contribution < 1.29 is 0 Å². The normalized spacial score (nSPS) is 12.7. The van der Waals surface area contributed by atoms with Gasteiger partial charge >= 0.3 is 0 Å². The van der Waals surface area contributed by atoms with Crippen LogP contribution in [0.1, 0.15) is 0 Å². The van der Waals surface area contributed by atoms with Gasteiger partial charge in [-0.25, -0.2) is 0 Å². The summed E-state index contributed by atoms with van der Waals surface area (Å²) in [5.74, 6) is 0. The van der Waals surface area contributed by atoms with Crippen molar-refractivity contribution in [2.24, 2.45) is 0 Å². The van der Waals surface area contributed by atoms with E-state index in [1.807, 2.05) is 0 Å². The minimum Gasteiger partial charge on any atom is -0.311 e. The van der Waals surface area contributed by atoms with Crippen LogP contribution >= 0.6 is 0 Å². The molecule has 0 bridgehead atoms. The zero-order valence-electron chi connectivity index (χ0n) is 46.3. The zero-order chi connectivity index (χ0) is 55.6. The van der Waals surface area contributed by atoms with Gasteiger partial charge in [0.05, 0.1) is 16.7 Å². The topological polar surface area (TPSA) is 11.4 Å². The van der Waals surface area contributed by atoms with Crippen molar-refractivity contribution in [2.75, 3.05) is 9.80 Å². The Morgan fingerprint density at radius 1 is 0.238 bits per heavy atom. The number of nitrogens with zero attached hydrogens (tertiary/aromatic N) is 3. The molecular weight excluding hydrogens is 1050 g/mol. The Morgan fingerprint density at radius 3 is 0.857 bits per heavy atom. The number of anilines is 6. The highest BCUT2D eigenvalue weighted by Gasteiger charge is 2.49. The number of rotatable bonds is 11. The van der Waals surface area contributed by atoms with E-state index in [9.17, 15) is 0 Å². The van der Waals surface area contributed by atoms with Crippen molar-refractivity contribution in [3.63, 3.8) is 0 Å². The van der Waals surface area contributed by atoms with Crippen molar-refractivity contribution in [2.45, 2.75) is 0 Å². The Bertz CT molecular complexity index is 4260. The van der Waals surface area contributed by atoms with Crippen molar-refractivity contribution in [3.8, 4) is 5.69 Å². The lowest BCUT2D eigenvalue weighted by molar-refractivity contribution is 1.16. The summed E-state index contributed by atoms with van der Waals surface area (Å²) in [6.45, 7) is -0.0971. The number of para-hydroxylation sites is 6. The second-order valence-electron chi connectivity index (χ2n) is 22.2. The summed E-state index contributed by atoms with van der Waals surface area (Å²) in [5, 5.41) is 13.1. The maximum absolute atomic E-state index is 3.14. The second-order valence-corrected chi connectivity index (χ2v) is 29.8. The van der Waals surface area contributed by atoms with Gasteiger partial charge in [0.15, 0.2) is 16.1 Å². The van der Waals surface area contributed by atoms with Crippen LogP contribution in [-0.2, 0) is 0 Å². The molecule has 0 radical (unpaired) electrons. The Labute approximate surface area is 493 Å². The molecule has 0 amide bonds. The molecule has 0 atom stereocenters. The van der Waals surface area contributed by atoms with E-state index in [0.717, 1.165) is 17.1 Å². The average Bonchev–Trinajstić information content (AvgIpc) is 1.35. The summed E-state index contributed by atoms with van der Waals surface area (Å²) in [6.07, 6.45) is 0. The second kappa shape index (κ2) is 20.3. The quantitative estimate of drug-likeness (QED) is 0.0945. The molecule has 13 aromatic carbocycles. The fourth-order valence-corrected chi connectivity index (χ4v) is 24.6. The van der Waals surface area contributed by atoms with Crippen LogP contribution in [0.4, 0.5) is 34.1 Å². The molecule has 1 aromatic heterocycles. The molecule has 16 rings (SSSR count). The van der Waals surface area contributed by atoms with Crippen molar-refractivity contribution in [1.29, 1.82) is 0 Å². The molecule has 0 unspecified atom stereocenters. The number of aromatic nitrogens is 1. The van der Waals surface area contributed by atoms with Crippen molar-refractivity contribution in [3.05, 3.63) is 340 Å². The summed E-state index contributed by atoms with van der Waals surface area (Å²) in [4.78, 5) is 5.34. The number of fused-ring (bicyclic) bond motifs is 7. The predicted octanol–water partition coefficient (Wildman–Crippen LogP) is 11.6. The van der Waals surface area contributed by atoms with Crippen LogP contribution in [0.25, 0.3) is 27.5 Å². The Hall–Kier alpha value is -10.2. The SMILES string of the molecule is c1ccc([Si](c2ccccc2)(c2ccccc2)c2ccccc2N2c3ccccc3B3c4ccccc4N(c4ccccc4[Si](c4ccccc4)(c4ccccc4)c4ccccc4)c4cc(-n5c6ccccc6c6ccccc65)cc2c43)cc1. The van der Waals surface area contributed by atoms with E-state index in [0.29, 0.717) is 0 Å². The zero-order valence-corrected chi connectivity index (χ0v) is 48.3. The number of hydrogen-bond donors (Lipinski definition) is 0. The molecule has 3 nitrogen and oxygen atoms in total. The molecule has 14 aromatic rings. The van der Waals surface area contributed by atoms with Gasteiger partial charge in [0.2, 0.25) is 0 Å². The first-order valence-electron chi connectivity index (χ1n) is 29.2. The number of hydrogen-bond acceptors (Lipinski definition) is 2. The maximum Gasteiger partial charge on any atom is 0.252 e. The maximum atomic E-state index is 2.67. The molecule has 0 aliphatic carbocycles. The van der Waals surface area contributed by atoms with E-state index in [4.69, 9.17) is 0 Å². The molecule has 394 valence electrons. The third-order valence-electron chi connectivity index (χ3n) is 18.0. The van der Waals surface area contributed by atoms with E-state index in [1.165, 1.54) is 102 Å². The molecule has 3 heterocycles. The molecule has 0 saturated heterocycles. The first-order chi connectivity index (χ1) is 41.7. The molecule has 0 saturated carbocycles. The lowest BCUT2D eigenvalue weighted by Gasteiger charge is -2.47. The minimum atomic E-state index is -3.14. The minimum absolute atomic E-state index is 0.0971. The summed E-state index contributed by atoms with van der Waals surface area (Å²) in [6, 6.07) is 129. The molecule has 0 fully saturated rings. The third-order valence-corrected chi connectivity index (χ3v) is 27.7. The van der Waals surface area contributed by atoms with Crippen LogP contribution in [-0.4, -0.2) is 27.4 Å². The highest BCUT2D eigenvalue weighted by Crippen LogP contribution is 2.46. The third kappa shape index (κ3) is 7.44. The fourth-order valence-electron chi connectivity index (χ4n) is 14.8. The molecule has 2 aliphatic heterocycles. The predicted molar refractivity (Wildman–Crippen MR) is 362 cm³/mol. The van der Waals surface area contributed by atoms with Crippen LogP contribution in [0.2, 0.25) is 0 Å². The molecular formula is C78H56BN3Si2. The van der Waals surface area contributed by atoms with Gasteiger partial charge in [-0.15, -0.1) is 0 Å². The van der Waals surface area contributed by atoms with E-state index in [1.54, 1.807) is 0 Å². The summed E-state index contributed by atoms with van der Waals surface area (Å²) < 4.78 is 2.53. The van der Waals surface area contributed by atoms with Crippen LogP contribution in [0.3, 0.4) is 0 Å². The van der Waals surface area contributed by atoms with Crippen LogP contribution in [0, 0.1) is 0 Å². The smallest absolute Gasteiger partial charge is 0.252 e. The van der Waals surface area contributed by atoms with E-state index >= 15 is 0 Å². The van der Waals surface area contributed by atoms with Crippen LogP contribution < -0.4 is 67.7 Å². The first-order valence-corrected chi connectivity index (χ1v) is 33.2. The summed E-state index contributed by atoms with van der Waals surface area (Å²) in [7, 11) is -6.27. The fraction of sp³-hybridized carbons (Fsp3) is 0. The monoisotopic (exact) mass is 1100 g/mol. The standard InChI is InChI=1S/C78H56BN3Si2/c1-7-31-58(32-8-1)83(59-33-9-2-10-34-59,60-35-11-3-12-36-60)76-53-29-27-51-72(76)81-70-49-25-21-45-66(70)79-67-46-22-26-50-71(67)82(75-56-57(55-74(81)78(75)79)80-68-47-23-19-43-64(68)65-44-20-24-48-69(65)80)73-52-28-30-54-77(73)84(61-37-13-4-14-38-61,62-39-15-5-16-40-62)63-41-17-6-18-42-63/h1-56H. The first kappa shape index (κ1) is 49.6. The largest absolute Gasteiger partial charge is 0.311 e. The van der Waals surface area contributed by atoms with Gasteiger partial charge in [0.25, 0.3) is 6.71 Å². The Kier molecular flexibility index (Phi) is 12.0. The molecule has 84 heavy (non-hydrogen) atoms. The van der Waals surface area contributed by atoms with Gasteiger partial charge in [0.1, 0.15) is 0 Å². The highest BCUT2D eigenvalue weighted by atomic mass is 28.3. The van der Waals surface area contributed by atoms with Gasteiger partial charge in [-0.2, -0.15) is 0 Å². The summed E-state index contributed by atoms with van der Waals surface area (Å²) in [5.41, 5.74) is 14.3. The van der Waals surface area contributed by atoms with Gasteiger partial charge in [-0.05, 0) is 106 Å². The van der Waals surface area contributed by atoms with Crippen molar-refractivity contribution >= 4 is 137 Å². The van der Waals surface area contributed by atoms with Gasteiger partial charge in [0, 0.05) is 44.9 Å². The Balaban J connectivity index is 1.06. The van der Waals surface area contributed by atoms with E-state index in [-0.39, 0.29) is 6.71 Å². The molecule has 0 spiro atoms. The van der Waals surface area contributed by atoms with E-state index < -0.39 is 16.1 Å². The lowest BCUT2D eigenvalue weighted by atomic mass is 9.33.